The molecule has 3 fully saturated rings. The van der Waals surface area contributed by atoms with Crippen molar-refractivity contribution in [1.29, 1.82) is 0 Å². The molecule has 2 nitrogen and oxygen atoms in total. The average molecular weight is 455 g/mol. The van der Waals surface area contributed by atoms with Crippen LogP contribution in [0, 0.1) is 46.3 Å². The van der Waals surface area contributed by atoms with Crippen molar-refractivity contribution in [3.63, 3.8) is 0 Å². The monoisotopic (exact) mass is 454 g/mol. The van der Waals surface area contributed by atoms with Gasteiger partial charge in [-0.25, -0.2) is 0 Å². The van der Waals surface area contributed by atoms with E-state index in [0.29, 0.717) is 16.7 Å². The van der Waals surface area contributed by atoms with Gasteiger partial charge in [0.05, 0.1) is 0 Å². The fourth-order valence-corrected chi connectivity index (χ4v) is 9.30. The number of ether oxygens (including phenoxy) is 1. The first kappa shape index (κ1) is 25.1. The third-order valence-corrected chi connectivity index (χ3v) is 11.2. The van der Waals surface area contributed by atoms with Crippen molar-refractivity contribution in [1.82, 2.24) is 0 Å². The molecule has 4 aliphatic carbocycles. The maximum atomic E-state index is 11.5. The van der Waals surface area contributed by atoms with Crippen LogP contribution in [0.1, 0.15) is 113 Å². The first-order valence-electron chi connectivity index (χ1n) is 14.1. The summed E-state index contributed by atoms with van der Waals surface area (Å²) in [5, 5.41) is 0. The maximum absolute atomic E-state index is 11.5. The van der Waals surface area contributed by atoms with E-state index in [0.717, 1.165) is 42.4 Å². The van der Waals surface area contributed by atoms with E-state index in [1.54, 1.807) is 18.1 Å². The lowest BCUT2D eigenvalue weighted by Gasteiger charge is -2.58. The second-order valence-corrected chi connectivity index (χ2v) is 13.0. The molecule has 4 rings (SSSR count). The van der Waals surface area contributed by atoms with E-state index in [-0.39, 0.29) is 12.1 Å². The molecule has 0 bridgehead atoms. The zero-order chi connectivity index (χ0) is 24.0. The van der Waals surface area contributed by atoms with Crippen LogP contribution in [-0.4, -0.2) is 12.1 Å². The van der Waals surface area contributed by atoms with E-state index in [1.807, 2.05) is 0 Å². The fourth-order valence-electron chi connectivity index (χ4n) is 9.30. The average Bonchev–Trinajstić information content (AvgIpc) is 3.11. The van der Waals surface area contributed by atoms with Gasteiger partial charge >= 0.3 is 5.97 Å². The Morgan fingerprint density at radius 3 is 2.55 bits per heavy atom. The van der Waals surface area contributed by atoms with E-state index < -0.39 is 0 Å². The second kappa shape index (κ2) is 9.54. The lowest BCUT2D eigenvalue weighted by Crippen LogP contribution is -2.51. The molecule has 8 atom stereocenters. The van der Waals surface area contributed by atoms with Crippen molar-refractivity contribution < 1.29 is 9.53 Å². The lowest BCUT2D eigenvalue weighted by molar-refractivity contribution is -0.148. The van der Waals surface area contributed by atoms with Crippen LogP contribution in [0.25, 0.3) is 0 Å². The van der Waals surface area contributed by atoms with Crippen molar-refractivity contribution in [3.8, 4) is 0 Å². The number of fused-ring (bicyclic) bond motifs is 5. The molecule has 0 aromatic carbocycles. The SMILES string of the molecule is C/C=C(\CC[C@@H](C)[C@H]1CC[C@H]2[C@@H]3CC=C4C[C@H](OC(C)=O)CC[C@]4(C)[C@H]3CC[C@]12C)C(C)C. The van der Waals surface area contributed by atoms with Gasteiger partial charge in [0.15, 0.2) is 0 Å². The van der Waals surface area contributed by atoms with Gasteiger partial charge in [0, 0.05) is 13.3 Å². The number of rotatable bonds is 6. The van der Waals surface area contributed by atoms with Crippen LogP contribution >= 0.6 is 0 Å². The van der Waals surface area contributed by atoms with Crippen LogP contribution in [-0.2, 0) is 9.53 Å². The van der Waals surface area contributed by atoms with E-state index in [1.165, 1.54) is 51.4 Å². The number of carbonyl (C=O) groups excluding carboxylic acids is 1. The van der Waals surface area contributed by atoms with Gasteiger partial charge in [-0.1, -0.05) is 57.9 Å². The summed E-state index contributed by atoms with van der Waals surface area (Å²) >= 11 is 0. The zero-order valence-electron chi connectivity index (χ0n) is 22.6. The van der Waals surface area contributed by atoms with E-state index >= 15 is 0 Å². The van der Waals surface area contributed by atoms with Gasteiger partial charge in [0.2, 0.25) is 0 Å². The van der Waals surface area contributed by atoms with Gasteiger partial charge in [0.1, 0.15) is 6.10 Å². The van der Waals surface area contributed by atoms with Crippen molar-refractivity contribution >= 4 is 5.97 Å². The highest BCUT2D eigenvalue weighted by atomic mass is 16.5. The second-order valence-electron chi connectivity index (χ2n) is 13.0. The topological polar surface area (TPSA) is 26.3 Å². The molecule has 33 heavy (non-hydrogen) atoms. The number of hydrogen-bond donors (Lipinski definition) is 0. The van der Waals surface area contributed by atoms with Gasteiger partial charge in [-0.3, -0.25) is 4.79 Å². The van der Waals surface area contributed by atoms with Crippen molar-refractivity contribution in [2.45, 2.75) is 119 Å². The first-order valence-corrected chi connectivity index (χ1v) is 14.1. The highest BCUT2D eigenvalue weighted by molar-refractivity contribution is 5.66. The minimum Gasteiger partial charge on any atom is -0.462 e. The van der Waals surface area contributed by atoms with Crippen molar-refractivity contribution in [3.05, 3.63) is 23.3 Å². The standard InChI is InChI=1S/C31H50O2/c1-8-23(20(2)3)10-9-21(4)27-13-14-28-26-12-11-24-19-25(33-22(5)32)15-17-30(24,6)29(26)16-18-31(27,28)7/h8,11,20-21,25-29H,9-10,12-19H2,1-7H3/b23-8+/t21-,25-,26+,27-,28+,29+,30+,31-/m1/s1. The lowest BCUT2D eigenvalue weighted by atomic mass is 9.47. The van der Waals surface area contributed by atoms with Crippen LogP contribution in [0.15, 0.2) is 23.3 Å². The molecule has 0 N–H and O–H groups in total. The molecule has 0 saturated heterocycles. The smallest absolute Gasteiger partial charge is 0.302 e. The maximum Gasteiger partial charge on any atom is 0.302 e. The fraction of sp³-hybridized carbons (Fsp3) is 0.839. The quantitative estimate of drug-likeness (QED) is 0.297. The Bertz CT molecular complexity index is 791. The van der Waals surface area contributed by atoms with E-state index in [2.05, 4.69) is 53.7 Å². The Hall–Kier alpha value is -1.05. The Labute approximate surface area is 204 Å². The molecule has 0 aromatic heterocycles. The molecule has 0 unspecified atom stereocenters. The van der Waals surface area contributed by atoms with Gasteiger partial charge in [-0.05, 0) is 111 Å². The zero-order valence-corrected chi connectivity index (χ0v) is 22.6. The predicted octanol–water partition coefficient (Wildman–Crippen LogP) is 8.52. The highest BCUT2D eigenvalue weighted by Gasteiger charge is 2.59. The van der Waals surface area contributed by atoms with Gasteiger partial charge in [-0.15, -0.1) is 0 Å². The summed E-state index contributed by atoms with van der Waals surface area (Å²) in [6.07, 6.45) is 17.9. The normalized spacial score (nSPS) is 41.6. The van der Waals surface area contributed by atoms with Crippen LogP contribution in [0.3, 0.4) is 0 Å². The highest BCUT2D eigenvalue weighted by Crippen LogP contribution is 2.67. The number of carbonyl (C=O) groups is 1. The molecule has 0 heterocycles. The molecule has 2 heteroatoms. The Balaban J connectivity index is 1.47. The summed E-state index contributed by atoms with van der Waals surface area (Å²) < 4.78 is 5.63. The molecule has 3 saturated carbocycles. The van der Waals surface area contributed by atoms with Crippen LogP contribution in [0.4, 0.5) is 0 Å². The van der Waals surface area contributed by atoms with Crippen LogP contribution in [0.2, 0.25) is 0 Å². The Kier molecular flexibility index (Phi) is 7.24. The summed E-state index contributed by atoms with van der Waals surface area (Å²) in [6, 6.07) is 0. The van der Waals surface area contributed by atoms with Crippen LogP contribution in [0.5, 0.6) is 0 Å². The third kappa shape index (κ3) is 4.50. The number of allylic oxidation sites excluding steroid dienone is 3. The molecule has 0 aliphatic heterocycles. The Morgan fingerprint density at radius 2 is 1.88 bits per heavy atom. The summed E-state index contributed by atoms with van der Waals surface area (Å²) in [7, 11) is 0. The minimum atomic E-state index is -0.118. The molecule has 0 spiro atoms. The summed E-state index contributed by atoms with van der Waals surface area (Å²) in [5.41, 5.74) is 4.13. The van der Waals surface area contributed by atoms with E-state index in [9.17, 15) is 4.79 Å². The summed E-state index contributed by atoms with van der Waals surface area (Å²) in [6.45, 7) is 16.3. The van der Waals surface area contributed by atoms with Crippen LogP contribution < -0.4 is 0 Å². The molecule has 0 radical (unpaired) electrons. The first-order chi connectivity index (χ1) is 15.6. The van der Waals surface area contributed by atoms with Gasteiger partial charge in [-0.2, -0.15) is 0 Å². The molecule has 4 aliphatic rings. The molecular weight excluding hydrogens is 404 g/mol. The minimum absolute atomic E-state index is 0.108. The van der Waals surface area contributed by atoms with Gasteiger partial charge in [0.25, 0.3) is 0 Å². The van der Waals surface area contributed by atoms with Crippen molar-refractivity contribution in [2.24, 2.45) is 46.3 Å². The third-order valence-electron chi connectivity index (χ3n) is 11.2. The number of hydrogen-bond acceptors (Lipinski definition) is 2. The molecule has 0 aromatic rings. The molecular formula is C31H50O2. The van der Waals surface area contributed by atoms with Crippen molar-refractivity contribution in [2.75, 3.05) is 0 Å². The Morgan fingerprint density at radius 1 is 1.12 bits per heavy atom. The summed E-state index contributed by atoms with van der Waals surface area (Å²) in [4.78, 5) is 11.5. The largest absolute Gasteiger partial charge is 0.462 e. The van der Waals surface area contributed by atoms with Gasteiger partial charge < -0.3 is 4.74 Å². The molecule has 0 amide bonds. The van der Waals surface area contributed by atoms with E-state index in [4.69, 9.17) is 4.74 Å². The predicted molar refractivity (Wildman–Crippen MR) is 138 cm³/mol. The molecule has 186 valence electrons. The summed E-state index contributed by atoms with van der Waals surface area (Å²) in [5.74, 6) is 4.88. The number of esters is 1.